The number of benzene rings is 2. The van der Waals surface area contributed by atoms with Gasteiger partial charge in [-0.25, -0.2) is 0 Å². The van der Waals surface area contributed by atoms with Crippen LogP contribution < -0.4 is 10.1 Å². The van der Waals surface area contributed by atoms with Gasteiger partial charge in [0.15, 0.2) is 0 Å². The fraction of sp³-hybridized carbons (Fsp3) is 0.222. The monoisotopic (exact) mass is 301 g/mol. The molecular weight excluding hydrogens is 282 g/mol. The van der Waals surface area contributed by atoms with Crippen LogP contribution in [0.2, 0.25) is 0 Å². The molecule has 0 aliphatic heterocycles. The molecule has 1 unspecified atom stereocenters. The molecule has 0 spiro atoms. The number of hydrogen-bond donors (Lipinski definition) is 1. The van der Waals surface area contributed by atoms with E-state index in [-0.39, 0.29) is 12.4 Å². The summed E-state index contributed by atoms with van der Waals surface area (Å²) < 4.78 is 5.35. The van der Waals surface area contributed by atoms with Crippen LogP contribution in [0.1, 0.15) is 24.1 Å². The average Bonchev–Trinajstić information content (AvgIpc) is 2.52. The lowest BCUT2D eigenvalue weighted by molar-refractivity contribution is 0.370. The first kappa shape index (κ1) is 17.1. The van der Waals surface area contributed by atoms with E-state index in [0.717, 1.165) is 12.3 Å². The summed E-state index contributed by atoms with van der Waals surface area (Å²) in [6.45, 7) is 3.30. The Morgan fingerprint density at radius 1 is 1.10 bits per heavy atom. The van der Waals surface area contributed by atoms with Gasteiger partial charge in [0.1, 0.15) is 12.4 Å². The van der Waals surface area contributed by atoms with E-state index in [0.29, 0.717) is 12.6 Å². The molecule has 110 valence electrons. The highest BCUT2D eigenvalue weighted by molar-refractivity contribution is 5.85. The molecule has 2 aromatic rings. The van der Waals surface area contributed by atoms with Gasteiger partial charge < -0.3 is 10.1 Å². The molecule has 2 rings (SSSR count). The highest BCUT2D eigenvalue weighted by Gasteiger charge is 2.03. The minimum atomic E-state index is 0. The molecule has 1 N–H and O–H groups in total. The van der Waals surface area contributed by atoms with E-state index in [2.05, 4.69) is 54.6 Å². The Hall–Kier alpha value is -1.95. The fourth-order valence-electron chi connectivity index (χ4n) is 1.96. The van der Waals surface area contributed by atoms with E-state index in [1.807, 2.05) is 18.2 Å². The second-order valence-electron chi connectivity index (χ2n) is 4.65. The third kappa shape index (κ3) is 5.51. The van der Waals surface area contributed by atoms with Crippen LogP contribution in [0.5, 0.6) is 5.75 Å². The van der Waals surface area contributed by atoms with Gasteiger partial charge >= 0.3 is 0 Å². The minimum Gasteiger partial charge on any atom is -0.481 e. The second-order valence-corrected chi connectivity index (χ2v) is 4.65. The molecule has 1 atom stereocenters. The van der Waals surface area contributed by atoms with Crippen molar-refractivity contribution >= 4 is 12.4 Å². The van der Waals surface area contributed by atoms with E-state index in [1.165, 1.54) is 11.1 Å². The lowest BCUT2D eigenvalue weighted by atomic mass is 10.1. The molecule has 0 aliphatic rings. The van der Waals surface area contributed by atoms with Crippen molar-refractivity contribution in [2.45, 2.75) is 19.5 Å². The molecule has 21 heavy (non-hydrogen) atoms. The van der Waals surface area contributed by atoms with E-state index in [9.17, 15) is 0 Å². The van der Waals surface area contributed by atoms with Gasteiger partial charge in [-0.3, -0.25) is 0 Å². The SMILES string of the molecule is C#CCOc1ccc(CNC(C)c2ccccc2)cc1.Cl. The van der Waals surface area contributed by atoms with Gasteiger partial charge in [-0.1, -0.05) is 48.4 Å². The third-order valence-electron chi connectivity index (χ3n) is 3.16. The highest BCUT2D eigenvalue weighted by Crippen LogP contribution is 2.15. The van der Waals surface area contributed by atoms with Gasteiger partial charge in [-0.05, 0) is 30.2 Å². The quantitative estimate of drug-likeness (QED) is 0.815. The van der Waals surface area contributed by atoms with Crippen molar-refractivity contribution in [2.75, 3.05) is 6.61 Å². The van der Waals surface area contributed by atoms with Crippen molar-refractivity contribution in [1.29, 1.82) is 0 Å². The number of rotatable bonds is 6. The van der Waals surface area contributed by atoms with Gasteiger partial charge in [0.2, 0.25) is 0 Å². The van der Waals surface area contributed by atoms with Crippen LogP contribution in [0.25, 0.3) is 0 Å². The molecule has 0 aliphatic carbocycles. The molecule has 0 heterocycles. The fourth-order valence-corrected chi connectivity index (χ4v) is 1.96. The Bertz CT molecular complexity index is 560. The molecule has 2 aromatic carbocycles. The van der Waals surface area contributed by atoms with Crippen LogP contribution in [0.4, 0.5) is 0 Å². The second kappa shape index (κ2) is 9.07. The van der Waals surface area contributed by atoms with Gasteiger partial charge in [0, 0.05) is 12.6 Å². The topological polar surface area (TPSA) is 21.3 Å². The van der Waals surface area contributed by atoms with E-state index in [1.54, 1.807) is 0 Å². The zero-order chi connectivity index (χ0) is 14.2. The maximum Gasteiger partial charge on any atom is 0.148 e. The first-order valence-corrected chi connectivity index (χ1v) is 6.73. The predicted molar refractivity (Wildman–Crippen MR) is 89.7 cm³/mol. The maximum absolute atomic E-state index is 5.35. The Kier molecular flexibility index (Phi) is 7.39. The van der Waals surface area contributed by atoms with E-state index < -0.39 is 0 Å². The Morgan fingerprint density at radius 3 is 2.38 bits per heavy atom. The van der Waals surface area contributed by atoms with Gasteiger partial charge in [0.25, 0.3) is 0 Å². The van der Waals surface area contributed by atoms with Gasteiger partial charge in [-0.2, -0.15) is 0 Å². The number of nitrogens with one attached hydrogen (secondary N) is 1. The summed E-state index contributed by atoms with van der Waals surface area (Å²) in [6.07, 6.45) is 5.16. The minimum absolute atomic E-state index is 0. The Morgan fingerprint density at radius 2 is 1.76 bits per heavy atom. The zero-order valence-corrected chi connectivity index (χ0v) is 12.9. The van der Waals surface area contributed by atoms with E-state index >= 15 is 0 Å². The summed E-state index contributed by atoms with van der Waals surface area (Å²) in [6, 6.07) is 18.7. The van der Waals surface area contributed by atoms with Crippen LogP contribution in [0.15, 0.2) is 54.6 Å². The molecule has 0 fully saturated rings. The van der Waals surface area contributed by atoms with Crippen molar-refractivity contribution in [3.05, 3.63) is 65.7 Å². The van der Waals surface area contributed by atoms with Crippen molar-refractivity contribution in [2.24, 2.45) is 0 Å². The number of terminal acetylenes is 1. The van der Waals surface area contributed by atoms with Crippen LogP contribution >= 0.6 is 12.4 Å². The predicted octanol–water partition coefficient (Wildman–Crippen LogP) is 3.97. The van der Waals surface area contributed by atoms with Gasteiger partial charge in [-0.15, -0.1) is 18.8 Å². The molecule has 0 aromatic heterocycles. The molecule has 0 bridgehead atoms. The summed E-state index contributed by atoms with van der Waals surface area (Å²) in [5, 5.41) is 3.50. The average molecular weight is 302 g/mol. The molecule has 3 heteroatoms. The van der Waals surface area contributed by atoms with Crippen LogP contribution in [-0.2, 0) is 6.54 Å². The largest absolute Gasteiger partial charge is 0.481 e. The first-order chi connectivity index (χ1) is 9.79. The summed E-state index contributed by atoms with van der Waals surface area (Å²) in [5.74, 6) is 3.26. The summed E-state index contributed by atoms with van der Waals surface area (Å²) in [7, 11) is 0. The maximum atomic E-state index is 5.35. The zero-order valence-electron chi connectivity index (χ0n) is 12.1. The van der Waals surface area contributed by atoms with Crippen molar-refractivity contribution in [1.82, 2.24) is 5.32 Å². The molecule has 2 nitrogen and oxygen atoms in total. The van der Waals surface area contributed by atoms with Crippen molar-refractivity contribution in [3.8, 4) is 18.1 Å². The lowest BCUT2D eigenvalue weighted by Gasteiger charge is -2.14. The standard InChI is InChI=1S/C18H19NO.ClH/c1-3-13-20-18-11-9-16(10-12-18)14-19-15(2)17-7-5-4-6-8-17;/h1,4-12,15,19H,13-14H2,2H3;1H. The first-order valence-electron chi connectivity index (χ1n) is 6.73. The normalized spacial score (nSPS) is 11.0. The smallest absolute Gasteiger partial charge is 0.148 e. The lowest BCUT2D eigenvalue weighted by Crippen LogP contribution is -2.17. The summed E-state index contributed by atoms with van der Waals surface area (Å²) in [4.78, 5) is 0. The number of halogens is 1. The van der Waals surface area contributed by atoms with Crippen LogP contribution in [-0.4, -0.2) is 6.61 Å². The molecule has 0 saturated heterocycles. The number of ether oxygens (including phenoxy) is 1. The summed E-state index contributed by atoms with van der Waals surface area (Å²) >= 11 is 0. The Balaban J connectivity index is 0.00000220. The van der Waals surface area contributed by atoms with Crippen LogP contribution in [0, 0.1) is 12.3 Å². The molecule has 0 radical (unpaired) electrons. The number of hydrogen-bond acceptors (Lipinski definition) is 2. The summed E-state index contributed by atoms with van der Waals surface area (Å²) in [5.41, 5.74) is 2.52. The molecule has 0 amide bonds. The Labute approximate surface area is 132 Å². The third-order valence-corrected chi connectivity index (χ3v) is 3.16. The van der Waals surface area contributed by atoms with Crippen molar-refractivity contribution < 1.29 is 4.74 Å². The molecule has 0 saturated carbocycles. The van der Waals surface area contributed by atoms with Crippen LogP contribution in [0.3, 0.4) is 0 Å². The highest BCUT2D eigenvalue weighted by atomic mass is 35.5. The molecular formula is C18H20ClNO. The van der Waals surface area contributed by atoms with Gasteiger partial charge in [0.05, 0.1) is 0 Å². The van der Waals surface area contributed by atoms with E-state index in [4.69, 9.17) is 11.2 Å². The van der Waals surface area contributed by atoms with Crippen molar-refractivity contribution in [3.63, 3.8) is 0 Å².